The van der Waals surface area contributed by atoms with Gasteiger partial charge in [-0.2, -0.15) is 0 Å². The maximum atomic E-state index is 11.7. The van der Waals surface area contributed by atoms with Gasteiger partial charge in [-0.3, -0.25) is 4.79 Å². The minimum Gasteiger partial charge on any atom is -0.373 e. The molecule has 2 heterocycles. The van der Waals surface area contributed by atoms with Crippen LogP contribution < -0.4 is 5.32 Å². The lowest BCUT2D eigenvalue weighted by Crippen LogP contribution is -2.32. The Bertz CT molecular complexity index is 440. The van der Waals surface area contributed by atoms with Crippen molar-refractivity contribution in [1.29, 1.82) is 0 Å². The predicted octanol–water partition coefficient (Wildman–Crippen LogP) is 1.02. The molecule has 1 N–H and O–H groups in total. The van der Waals surface area contributed by atoms with Crippen LogP contribution in [0.5, 0.6) is 0 Å². The van der Waals surface area contributed by atoms with Crippen LogP contribution in [0.2, 0.25) is 0 Å². The Balaban J connectivity index is 1.86. The van der Waals surface area contributed by atoms with Gasteiger partial charge in [0.15, 0.2) is 6.20 Å². The molecule has 96 valence electrons. The summed E-state index contributed by atoms with van der Waals surface area (Å²) in [5.41, 5.74) is 0.605. The highest BCUT2D eigenvalue weighted by atomic mass is 16.6. The van der Waals surface area contributed by atoms with Gasteiger partial charge in [0.2, 0.25) is 5.91 Å². The number of pyridine rings is 1. The van der Waals surface area contributed by atoms with Crippen LogP contribution in [0, 0.1) is 10.1 Å². The standard InChI is InChI=1S/C11H14N4O3/c16-11(14-5-1-2-6-14)8-12-9-3-4-10(13-7-9)15(17)18/h3-4,7,12H,1-2,5-6,8H2. The number of nitrogens with one attached hydrogen (secondary N) is 1. The Morgan fingerprint density at radius 1 is 1.44 bits per heavy atom. The number of carbonyl (C=O) groups is 1. The topological polar surface area (TPSA) is 88.4 Å². The number of aromatic nitrogens is 1. The van der Waals surface area contributed by atoms with E-state index in [0.29, 0.717) is 5.69 Å². The fourth-order valence-corrected chi connectivity index (χ4v) is 1.85. The smallest absolute Gasteiger partial charge is 0.363 e. The lowest BCUT2D eigenvalue weighted by atomic mass is 10.4. The van der Waals surface area contributed by atoms with E-state index in [1.165, 1.54) is 12.3 Å². The monoisotopic (exact) mass is 250 g/mol. The average molecular weight is 250 g/mol. The van der Waals surface area contributed by atoms with Crippen LogP contribution in [0.3, 0.4) is 0 Å². The summed E-state index contributed by atoms with van der Waals surface area (Å²) in [6.45, 7) is 1.83. The summed E-state index contributed by atoms with van der Waals surface area (Å²) in [4.78, 5) is 27.1. The van der Waals surface area contributed by atoms with Crippen molar-refractivity contribution < 1.29 is 9.72 Å². The lowest BCUT2D eigenvalue weighted by molar-refractivity contribution is -0.389. The Kier molecular flexibility index (Phi) is 3.71. The van der Waals surface area contributed by atoms with Crippen molar-refractivity contribution in [2.24, 2.45) is 0 Å². The number of anilines is 1. The molecule has 0 spiro atoms. The van der Waals surface area contributed by atoms with E-state index in [0.717, 1.165) is 25.9 Å². The van der Waals surface area contributed by atoms with E-state index in [4.69, 9.17) is 0 Å². The van der Waals surface area contributed by atoms with Gasteiger partial charge in [-0.1, -0.05) is 0 Å². The maximum absolute atomic E-state index is 11.7. The van der Waals surface area contributed by atoms with E-state index in [1.54, 1.807) is 6.07 Å². The lowest BCUT2D eigenvalue weighted by Gasteiger charge is -2.15. The molecule has 1 aliphatic heterocycles. The number of nitro groups is 1. The van der Waals surface area contributed by atoms with Crippen LogP contribution in [-0.4, -0.2) is 40.3 Å². The molecule has 18 heavy (non-hydrogen) atoms. The third-order valence-electron chi connectivity index (χ3n) is 2.84. The summed E-state index contributed by atoms with van der Waals surface area (Å²) >= 11 is 0. The quantitative estimate of drug-likeness (QED) is 0.636. The van der Waals surface area contributed by atoms with Gasteiger partial charge in [0.05, 0.1) is 12.2 Å². The third-order valence-corrected chi connectivity index (χ3v) is 2.84. The molecule has 2 rings (SSSR count). The normalized spacial score (nSPS) is 14.6. The molecule has 0 radical (unpaired) electrons. The Morgan fingerprint density at radius 3 is 2.72 bits per heavy atom. The summed E-state index contributed by atoms with van der Waals surface area (Å²) in [5, 5.41) is 13.3. The first-order valence-electron chi connectivity index (χ1n) is 5.79. The minimum atomic E-state index is -0.556. The highest BCUT2D eigenvalue weighted by molar-refractivity contribution is 5.81. The number of carbonyl (C=O) groups excluding carboxylic acids is 1. The molecule has 0 atom stereocenters. The van der Waals surface area contributed by atoms with Gasteiger partial charge in [-0.05, 0) is 28.8 Å². The van der Waals surface area contributed by atoms with E-state index < -0.39 is 4.92 Å². The van der Waals surface area contributed by atoms with E-state index in [-0.39, 0.29) is 18.3 Å². The molecule has 0 aliphatic carbocycles. The number of nitrogens with zero attached hydrogens (tertiary/aromatic N) is 3. The van der Waals surface area contributed by atoms with Crippen molar-refractivity contribution in [3.05, 3.63) is 28.4 Å². The van der Waals surface area contributed by atoms with Crippen LogP contribution in [0.1, 0.15) is 12.8 Å². The van der Waals surface area contributed by atoms with E-state index >= 15 is 0 Å². The zero-order valence-electron chi connectivity index (χ0n) is 9.83. The molecule has 1 aromatic heterocycles. The van der Waals surface area contributed by atoms with Gasteiger partial charge in [-0.15, -0.1) is 0 Å². The summed E-state index contributed by atoms with van der Waals surface area (Å²) in [6.07, 6.45) is 3.48. The average Bonchev–Trinajstić information content (AvgIpc) is 2.90. The van der Waals surface area contributed by atoms with Gasteiger partial charge < -0.3 is 20.3 Å². The highest BCUT2D eigenvalue weighted by Crippen LogP contribution is 2.12. The predicted molar refractivity (Wildman–Crippen MR) is 65.2 cm³/mol. The zero-order chi connectivity index (χ0) is 13.0. The molecular formula is C11H14N4O3. The summed E-state index contributed by atoms with van der Waals surface area (Å²) in [7, 11) is 0. The molecule has 0 saturated carbocycles. The van der Waals surface area contributed by atoms with Crippen LogP contribution in [0.25, 0.3) is 0 Å². The largest absolute Gasteiger partial charge is 0.373 e. The summed E-state index contributed by atoms with van der Waals surface area (Å²) in [5.74, 6) is -0.155. The van der Waals surface area contributed by atoms with Crippen LogP contribution in [0.15, 0.2) is 18.3 Å². The minimum absolute atomic E-state index is 0.0471. The molecule has 0 bridgehead atoms. The molecule has 1 saturated heterocycles. The molecule has 1 aromatic rings. The van der Waals surface area contributed by atoms with Crippen LogP contribution >= 0.6 is 0 Å². The molecule has 7 heteroatoms. The Hall–Kier alpha value is -2.18. The van der Waals surface area contributed by atoms with Crippen molar-refractivity contribution in [3.8, 4) is 0 Å². The molecule has 1 aliphatic rings. The first-order chi connectivity index (χ1) is 8.66. The van der Waals surface area contributed by atoms with Gasteiger partial charge in [0.25, 0.3) is 0 Å². The van der Waals surface area contributed by atoms with Crippen molar-refractivity contribution in [3.63, 3.8) is 0 Å². The molecular weight excluding hydrogens is 236 g/mol. The van der Waals surface area contributed by atoms with Crippen molar-refractivity contribution in [2.45, 2.75) is 12.8 Å². The molecule has 0 aromatic carbocycles. The van der Waals surface area contributed by atoms with Crippen LogP contribution in [0.4, 0.5) is 11.5 Å². The second kappa shape index (κ2) is 5.44. The number of amides is 1. The molecule has 1 fully saturated rings. The zero-order valence-corrected chi connectivity index (χ0v) is 9.83. The van der Waals surface area contributed by atoms with Crippen molar-refractivity contribution in [1.82, 2.24) is 9.88 Å². The van der Waals surface area contributed by atoms with E-state index in [9.17, 15) is 14.9 Å². The van der Waals surface area contributed by atoms with Gasteiger partial charge >= 0.3 is 5.82 Å². The van der Waals surface area contributed by atoms with Crippen molar-refractivity contribution >= 4 is 17.4 Å². The maximum Gasteiger partial charge on any atom is 0.363 e. The molecule has 7 nitrogen and oxygen atoms in total. The molecule has 1 amide bonds. The van der Waals surface area contributed by atoms with Gasteiger partial charge in [-0.25, -0.2) is 0 Å². The SMILES string of the molecule is O=C(CNc1ccc([N+](=O)[O-])nc1)N1CCCC1. The second-order valence-electron chi connectivity index (χ2n) is 4.10. The first kappa shape index (κ1) is 12.3. The number of rotatable bonds is 4. The Morgan fingerprint density at radius 2 is 2.17 bits per heavy atom. The molecule has 0 unspecified atom stereocenters. The number of hydrogen-bond donors (Lipinski definition) is 1. The van der Waals surface area contributed by atoms with Gasteiger partial charge in [0, 0.05) is 19.2 Å². The first-order valence-corrected chi connectivity index (χ1v) is 5.79. The van der Waals surface area contributed by atoms with Gasteiger partial charge in [0.1, 0.15) is 0 Å². The summed E-state index contributed by atoms with van der Waals surface area (Å²) < 4.78 is 0. The van der Waals surface area contributed by atoms with Crippen molar-refractivity contribution in [2.75, 3.05) is 25.0 Å². The number of likely N-dealkylation sites (tertiary alicyclic amines) is 1. The van der Waals surface area contributed by atoms with E-state index in [2.05, 4.69) is 10.3 Å². The fourth-order valence-electron chi connectivity index (χ4n) is 1.85. The fraction of sp³-hybridized carbons (Fsp3) is 0.455. The third kappa shape index (κ3) is 2.93. The Labute approximate surface area is 104 Å². The highest BCUT2D eigenvalue weighted by Gasteiger charge is 2.17. The van der Waals surface area contributed by atoms with E-state index in [1.807, 2.05) is 4.90 Å². The second-order valence-corrected chi connectivity index (χ2v) is 4.10. The number of hydrogen-bond acceptors (Lipinski definition) is 5. The van der Waals surface area contributed by atoms with Crippen LogP contribution in [-0.2, 0) is 4.79 Å². The summed E-state index contributed by atoms with van der Waals surface area (Å²) in [6, 6.07) is 2.85.